The van der Waals surface area contributed by atoms with Crippen molar-refractivity contribution in [1.29, 1.82) is 0 Å². The molecule has 2 aromatic carbocycles. The molecule has 1 aromatic heterocycles. The van der Waals surface area contributed by atoms with Gasteiger partial charge in [0.15, 0.2) is 0 Å². The van der Waals surface area contributed by atoms with E-state index >= 15 is 0 Å². The molecule has 3 rings (SSSR count). The molecule has 0 atom stereocenters. The Labute approximate surface area is 137 Å². The van der Waals surface area contributed by atoms with Crippen LogP contribution in [0.15, 0.2) is 54.7 Å². The summed E-state index contributed by atoms with van der Waals surface area (Å²) in [5.74, 6) is -1.54. The SMILES string of the molecule is O=C(Cn1ccc2ccc(F)cc21)NCc1ccc(C(=O)O)cc1. The number of halogens is 1. The van der Waals surface area contributed by atoms with E-state index in [0.29, 0.717) is 12.1 Å². The van der Waals surface area contributed by atoms with Crippen LogP contribution in [0.25, 0.3) is 10.9 Å². The summed E-state index contributed by atoms with van der Waals surface area (Å²) in [5.41, 5.74) is 1.67. The van der Waals surface area contributed by atoms with Crippen molar-refractivity contribution < 1.29 is 19.1 Å². The van der Waals surface area contributed by atoms with E-state index in [0.717, 1.165) is 10.9 Å². The third-order valence-corrected chi connectivity index (χ3v) is 3.74. The summed E-state index contributed by atoms with van der Waals surface area (Å²) >= 11 is 0. The number of rotatable bonds is 5. The van der Waals surface area contributed by atoms with Gasteiger partial charge in [-0.1, -0.05) is 12.1 Å². The molecule has 0 spiro atoms. The first kappa shape index (κ1) is 15.7. The number of aromatic carboxylic acids is 1. The van der Waals surface area contributed by atoms with Crippen molar-refractivity contribution in [3.05, 3.63) is 71.7 Å². The largest absolute Gasteiger partial charge is 0.478 e. The van der Waals surface area contributed by atoms with Crippen molar-refractivity contribution in [1.82, 2.24) is 9.88 Å². The van der Waals surface area contributed by atoms with Crippen LogP contribution >= 0.6 is 0 Å². The average Bonchev–Trinajstić information content (AvgIpc) is 2.95. The number of hydrogen-bond acceptors (Lipinski definition) is 2. The average molecular weight is 326 g/mol. The van der Waals surface area contributed by atoms with Crippen molar-refractivity contribution in [2.45, 2.75) is 13.1 Å². The number of amides is 1. The van der Waals surface area contributed by atoms with Gasteiger partial charge in [-0.15, -0.1) is 0 Å². The van der Waals surface area contributed by atoms with Crippen LogP contribution in [0, 0.1) is 5.82 Å². The summed E-state index contributed by atoms with van der Waals surface area (Å²) in [6.07, 6.45) is 1.74. The minimum absolute atomic E-state index is 0.0835. The molecule has 0 aliphatic carbocycles. The number of aromatic nitrogens is 1. The normalized spacial score (nSPS) is 10.7. The van der Waals surface area contributed by atoms with E-state index in [2.05, 4.69) is 5.32 Å². The molecule has 5 nitrogen and oxygen atoms in total. The van der Waals surface area contributed by atoms with Gasteiger partial charge in [0.1, 0.15) is 12.4 Å². The van der Waals surface area contributed by atoms with E-state index in [4.69, 9.17) is 5.11 Å². The number of benzene rings is 2. The van der Waals surface area contributed by atoms with Crippen molar-refractivity contribution in [3.63, 3.8) is 0 Å². The van der Waals surface area contributed by atoms with Gasteiger partial charge in [-0.25, -0.2) is 9.18 Å². The number of nitrogens with one attached hydrogen (secondary N) is 1. The van der Waals surface area contributed by atoms with Gasteiger partial charge in [0, 0.05) is 12.7 Å². The lowest BCUT2D eigenvalue weighted by molar-refractivity contribution is -0.121. The molecule has 0 saturated heterocycles. The fourth-order valence-electron chi connectivity index (χ4n) is 2.47. The lowest BCUT2D eigenvalue weighted by atomic mass is 10.1. The summed E-state index contributed by atoms with van der Waals surface area (Å²) in [6.45, 7) is 0.381. The van der Waals surface area contributed by atoms with Crippen LogP contribution in [0.3, 0.4) is 0 Å². The van der Waals surface area contributed by atoms with Crippen LogP contribution in [0.4, 0.5) is 4.39 Å². The molecule has 24 heavy (non-hydrogen) atoms. The number of carbonyl (C=O) groups is 2. The van der Waals surface area contributed by atoms with E-state index < -0.39 is 5.97 Å². The van der Waals surface area contributed by atoms with Crippen molar-refractivity contribution in [3.8, 4) is 0 Å². The molecule has 0 saturated carbocycles. The minimum atomic E-state index is -0.989. The van der Waals surface area contributed by atoms with Crippen LogP contribution in [0.1, 0.15) is 15.9 Å². The maximum Gasteiger partial charge on any atom is 0.335 e. The van der Waals surface area contributed by atoms with E-state index in [1.165, 1.54) is 24.3 Å². The topological polar surface area (TPSA) is 71.3 Å². The van der Waals surface area contributed by atoms with Crippen LogP contribution in [0.2, 0.25) is 0 Å². The Balaban J connectivity index is 1.62. The Hall–Kier alpha value is -3.15. The molecule has 0 aliphatic heterocycles. The molecule has 2 N–H and O–H groups in total. The van der Waals surface area contributed by atoms with Crippen LogP contribution < -0.4 is 5.32 Å². The Morgan fingerprint density at radius 1 is 1.08 bits per heavy atom. The first-order chi connectivity index (χ1) is 11.5. The van der Waals surface area contributed by atoms with Crippen molar-refractivity contribution in [2.24, 2.45) is 0 Å². The lowest BCUT2D eigenvalue weighted by Gasteiger charge is -2.08. The number of nitrogens with zero attached hydrogens (tertiary/aromatic N) is 1. The van der Waals surface area contributed by atoms with Gasteiger partial charge in [-0.3, -0.25) is 4.79 Å². The van der Waals surface area contributed by atoms with Gasteiger partial charge in [0.05, 0.1) is 11.1 Å². The highest BCUT2D eigenvalue weighted by atomic mass is 19.1. The fraction of sp³-hybridized carbons (Fsp3) is 0.111. The van der Waals surface area contributed by atoms with Crippen LogP contribution in [-0.4, -0.2) is 21.6 Å². The summed E-state index contributed by atoms with van der Waals surface area (Å²) in [5, 5.41) is 12.5. The zero-order chi connectivity index (χ0) is 17.1. The van der Waals surface area contributed by atoms with E-state index in [9.17, 15) is 14.0 Å². The highest BCUT2D eigenvalue weighted by Crippen LogP contribution is 2.16. The molecule has 0 unspecified atom stereocenters. The molecule has 6 heteroatoms. The Morgan fingerprint density at radius 2 is 1.83 bits per heavy atom. The maximum absolute atomic E-state index is 13.3. The smallest absolute Gasteiger partial charge is 0.335 e. The standard InChI is InChI=1S/C18H15FN2O3/c19-15-6-5-13-7-8-21(16(13)9-15)11-17(22)20-10-12-1-3-14(4-2-12)18(23)24/h1-9H,10-11H2,(H,20,22)(H,23,24). The van der Waals surface area contributed by atoms with Gasteiger partial charge >= 0.3 is 5.97 Å². The Kier molecular flexibility index (Phi) is 4.29. The molecule has 1 heterocycles. The second kappa shape index (κ2) is 6.54. The second-order valence-corrected chi connectivity index (χ2v) is 5.43. The summed E-state index contributed by atoms with van der Waals surface area (Å²) < 4.78 is 15.0. The van der Waals surface area contributed by atoms with Gasteiger partial charge in [-0.05, 0) is 47.3 Å². The summed E-state index contributed by atoms with van der Waals surface area (Å²) in [6, 6.07) is 12.6. The predicted molar refractivity (Wildman–Crippen MR) is 87.1 cm³/mol. The van der Waals surface area contributed by atoms with E-state index in [1.54, 1.807) is 29.0 Å². The zero-order valence-corrected chi connectivity index (χ0v) is 12.7. The van der Waals surface area contributed by atoms with E-state index in [-0.39, 0.29) is 23.8 Å². The molecule has 122 valence electrons. The molecule has 0 radical (unpaired) electrons. The number of fused-ring (bicyclic) bond motifs is 1. The number of carboxylic acid groups (broad SMARTS) is 1. The summed E-state index contributed by atoms with van der Waals surface area (Å²) in [4.78, 5) is 22.9. The number of carbonyl (C=O) groups excluding carboxylic acids is 1. The van der Waals surface area contributed by atoms with Crippen molar-refractivity contribution in [2.75, 3.05) is 0 Å². The highest BCUT2D eigenvalue weighted by Gasteiger charge is 2.08. The first-order valence-corrected chi connectivity index (χ1v) is 7.36. The van der Waals surface area contributed by atoms with Crippen LogP contribution in [-0.2, 0) is 17.9 Å². The van der Waals surface area contributed by atoms with Gasteiger partial charge in [0.2, 0.25) is 5.91 Å². The fourth-order valence-corrected chi connectivity index (χ4v) is 2.47. The third kappa shape index (κ3) is 3.43. The maximum atomic E-state index is 13.3. The molecular formula is C18H15FN2O3. The quantitative estimate of drug-likeness (QED) is 0.757. The molecule has 1 amide bonds. The third-order valence-electron chi connectivity index (χ3n) is 3.74. The highest BCUT2D eigenvalue weighted by molar-refractivity contribution is 5.87. The lowest BCUT2D eigenvalue weighted by Crippen LogP contribution is -2.26. The van der Waals surface area contributed by atoms with Crippen molar-refractivity contribution >= 4 is 22.8 Å². The number of hydrogen-bond donors (Lipinski definition) is 2. The zero-order valence-electron chi connectivity index (χ0n) is 12.7. The monoisotopic (exact) mass is 326 g/mol. The van der Waals surface area contributed by atoms with Gasteiger partial charge in [-0.2, -0.15) is 0 Å². The summed E-state index contributed by atoms with van der Waals surface area (Å²) in [7, 11) is 0. The van der Waals surface area contributed by atoms with Crippen LogP contribution in [0.5, 0.6) is 0 Å². The molecule has 3 aromatic rings. The van der Waals surface area contributed by atoms with Gasteiger partial charge < -0.3 is 15.0 Å². The number of carboxylic acids is 1. The second-order valence-electron chi connectivity index (χ2n) is 5.43. The van der Waals surface area contributed by atoms with Gasteiger partial charge in [0.25, 0.3) is 0 Å². The molecule has 0 bridgehead atoms. The Morgan fingerprint density at radius 3 is 2.54 bits per heavy atom. The Bertz CT molecular complexity index is 900. The molecular weight excluding hydrogens is 311 g/mol. The molecule has 0 fully saturated rings. The minimum Gasteiger partial charge on any atom is -0.478 e. The predicted octanol–water partition coefficient (Wildman–Crippen LogP) is 2.80. The molecule has 0 aliphatic rings. The first-order valence-electron chi connectivity index (χ1n) is 7.36. The van der Waals surface area contributed by atoms with E-state index in [1.807, 2.05) is 6.07 Å².